The average Bonchev–Trinajstić information content (AvgIpc) is 2.10. The number of hydrogen-bond donors (Lipinski definition) is 1. The molecule has 1 heteroatoms. The molecule has 0 aliphatic carbocycles. The van der Waals surface area contributed by atoms with Crippen LogP contribution in [0.15, 0.2) is 0 Å². The molecule has 0 radical (unpaired) electrons. The summed E-state index contributed by atoms with van der Waals surface area (Å²) in [5.41, 5.74) is 0. The van der Waals surface area contributed by atoms with E-state index < -0.39 is 0 Å². The van der Waals surface area contributed by atoms with Crippen molar-refractivity contribution in [2.24, 2.45) is 5.92 Å². The lowest BCUT2D eigenvalue weighted by molar-refractivity contribution is 0.395. The summed E-state index contributed by atoms with van der Waals surface area (Å²) in [5.74, 6) is 6.71. The van der Waals surface area contributed by atoms with Gasteiger partial charge in [0.25, 0.3) is 0 Å². The van der Waals surface area contributed by atoms with E-state index in [-0.39, 0.29) is 0 Å². The first-order chi connectivity index (χ1) is 5.72. The van der Waals surface area contributed by atoms with Crippen molar-refractivity contribution in [3.05, 3.63) is 0 Å². The molecule has 0 heterocycles. The van der Waals surface area contributed by atoms with Crippen molar-refractivity contribution in [3.8, 4) is 11.8 Å². The molecule has 0 aliphatic heterocycles. The molecule has 0 aliphatic rings. The molecule has 0 fully saturated rings. The normalized spacial score (nSPS) is 14.7. The highest BCUT2D eigenvalue weighted by atomic mass is 14.9. The van der Waals surface area contributed by atoms with Gasteiger partial charge in [-0.2, -0.15) is 0 Å². The molecular weight excluding hydrogens is 146 g/mol. The monoisotopic (exact) mass is 167 g/mol. The lowest BCUT2D eigenvalue weighted by Gasteiger charge is -2.18. The summed E-state index contributed by atoms with van der Waals surface area (Å²) < 4.78 is 0. The number of hydrogen-bond acceptors (Lipinski definition) is 1. The Balaban J connectivity index is 3.40. The third-order valence-corrected chi connectivity index (χ3v) is 2.39. The van der Waals surface area contributed by atoms with Crippen LogP contribution in [-0.4, -0.2) is 12.6 Å². The van der Waals surface area contributed by atoms with Crippen LogP contribution >= 0.6 is 0 Å². The minimum absolute atomic E-state index is 0.619. The minimum Gasteiger partial charge on any atom is -0.313 e. The Morgan fingerprint density at radius 3 is 2.50 bits per heavy atom. The SMILES string of the molecule is CC#CCCNC(C)C(C)CC. The van der Waals surface area contributed by atoms with E-state index in [1.165, 1.54) is 6.42 Å². The molecule has 0 saturated carbocycles. The van der Waals surface area contributed by atoms with E-state index in [1.807, 2.05) is 6.92 Å². The summed E-state index contributed by atoms with van der Waals surface area (Å²) in [6.07, 6.45) is 2.21. The zero-order valence-corrected chi connectivity index (χ0v) is 8.78. The summed E-state index contributed by atoms with van der Waals surface area (Å²) >= 11 is 0. The highest BCUT2D eigenvalue weighted by Gasteiger charge is 2.07. The van der Waals surface area contributed by atoms with Crippen LogP contribution in [0.3, 0.4) is 0 Å². The predicted molar refractivity (Wildman–Crippen MR) is 55.0 cm³/mol. The molecule has 1 nitrogen and oxygen atoms in total. The fraction of sp³-hybridized carbons (Fsp3) is 0.818. The van der Waals surface area contributed by atoms with E-state index in [2.05, 4.69) is 37.9 Å². The van der Waals surface area contributed by atoms with Gasteiger partial charge in [-0.1, -0.05) is 20.3 Å². The van der Waals surface area contributed by atoms with Gasteiger partial charge < -0.3 is 5.32 Å². The standard InChI is InChI=1S/C11H21N/c1-5-7-8-9-12-11(4)10(3)6-2/h10-12H,6,8-9H2,1-4H3. The van der Waals surface area contributed by atoms with Gasteiger partial charge in [-0.15, -0.1) is 11.8 Å². The van der Waals surface area contributed by atoms with Crippen molar-refractivity contribution < 1.29 is 0 Å². The molecule has 0 bridgehead atoms. The lowest BCUT2D eigenvalue weighted by Crippen LogP contribution is -2.32. The molecule has 2 atom stereocenters. The summed E-state index contributed by atoms with van der Waals surface area (Å²) in [6, 6.07) is 0.619. The van der Waals surface area contributed by atoms with Crippen LogP contribution in [0.4, 0.5) is 0 Å². The van der Waals surface area contributed by atoms with Crippen molar-refractivity contribution in [2.75, 3.05) is 6.54 Å². The smallest absolute Gasteiger partial charge is 0.0214 e. The van der Waals surface area contributed by atoms with Gasteiger partial charge in [-0.05, 0) is 19.8 Å². The summed E-state index contributed by atoms with van der Waals surface area (Å²) in [6.45, 7) is 9.66. The van der Waals surface area contributed by atoms with Crippen LogP contribution in [0.2, 0.25) is 0 Å². The second kappa shape index (κ2) is 7.18. The van der Waals surface area contributed by atoms with Crippen molar-refractivity contribution in [3.63, 3.8) is 0 Å². The van der Waals surface area contributed by atoms with E-state index in [1.54, 1.807) is 0 Å². The molecule has 0 aromatic heterocycles. The van der Waals surface area contributed by atoms with Crippen molar-refractivity contribution in [2.45, 2.75) is 46.6 Å². The van der Waals surface area contributed by atoms with Gasteiger partial charge in [0.15, 0.2) is 0 Å². The molecule has 0 aromatic rings. The van der Waals surface area contributed by atoms with Crippen LogP contribution in [0, 0.1) is 17.8 Å². The van der Waals surface area contributed by atoms with Crippen molar-refractivity contribution >= 4 is 0 Å². The van der Waals surface area contributed by atoms with Crippen LogP contribution in [0.5, 0.6) is 0 Å². The summed E-state index contributed by atoms with van der Waals surface area (Å²) in [7, 11) is 0. The molecule has 2 unspecified atom stereocenters. The maximum absolute atomic E-state index is 3.47. The Hall–Kier alpha value is -0.480. The molecule has 0 saturated heterocycles. The lowest BCUT2D eigenvalue weighted by atomic mass is 10.0. The van der Waals surface area contributed by atoms with Crippen LogP contribution in [0.25, 0.3) is 0 Å². The molecule has 70 valence electrons. The molecule has 0 aromatic carbocycles. The van der Waals surface area contributed by atoms with E-state index in [0.717, 1.165) is 18.9 Å². The van der Waals surface area contributed by atoms with E-state index in [9.17, 15) is 0 Å². The highest BCUT2D eigenvalue weighted by molar-refractivity contribution is 4.95. The largest absolute Gasteiger partial charge is 0.313 e. The van der Waals surface area contributed by atoms with Gasteiger partial charge in [-0.3, -0.25) is 0 Å². The fourth-order valence-corrected chi connectivity index (χ4v) is 1.04. The first-order valence-electron chi connectivity index (χ1n) is 4.85. The third kappa shape index (κ3) is 5.21. The Morgan fingerprint density at radius 2 is 2.00 bits per heavy atom. The second-order valence-corrected chi connectivity index (χ2v) is 3.31. The van der Waals surface area contributed by atoms with Gasteiger partial charge in [0.1, 0.15) is 0 Å². The minimum atomic E-state index is 0.619. The predicted octanol–water partition coefficient (Wildman–Crippen LogP) is 2.42. The van der Waals surface area contributed by atoms with Crippen LogP contribution in [-0.2, 0) is 0 Å². The topological polar surface area (TPSA) is 12.0 Å². The first-order valence-corrected chi connectivity index (χ1v) is 4.85. The molecule has 0 rings (SSSR count). The fourth-order valence-electron chi connectivity index (χ4n) is 1.04. The maximum Gasteiger partial charge on any atom is 0.0214 e. The Kier molecular flexibility index (Phi) is 6.90. The average molecular weight is 167 g/mol. The van der Waals surface area contributed by atoms with E-state index >= 15 is 0 Å². The first kappa shape index (κ1) is 11.5. The van der Waals surface area contributed by atoms with Crippen LogP contribution in [0.1, 0.15) is 40.5 Å². The van der Waals surface area contributed by atoms with Gasteiger partial charge >= 0.3 is 0 Å². The zero-order chi connectivity index (χ0) is 9.40. The van der Waals surface area contributed by atoms with Crippen molar-refractivity contribution in [1.82, 2.24) is 5.32 Å². The van der Waals surface area contributed by atoms with Gasteiger partial charge in [-0.25, -0.2) is 0 Å². The summed E-state index contributed by atoms with van der Waals surface area (Å²) in [5, 5.41) is 3.47. The molecule has 0 amide bonds. The second-order valence-electron chi connectivity index (χ2n) is 3.31. The zero-order valence-electron chi connectivity index (χ0n) is 8.78. The third-order valence-electron chi connectivity index (χ3n) is 2.39. The Labute approximate surface area is 76.9 Å². The van der Waals surface area contributed by atoms with Crippen LogP contribution < -0.4 is 5.32 Å². The molecular formula is C11H21N. The maximum atomic E-state index is 3.47. The van der Waals surface area contributed by atoms with Crippen molar-refractivity contribution in [1.29, 1.82) is 0 Å². The number of rotatable bonds is 5. The van der Waals surface area contributed by atoms with E-state index in [0.29, 0.717) is 6.04 Å². The van der Waals surface area contributed by atoms with Gasteiger partial charge in [0.2, 0.25) is 0 Å². The van der Waals surface area contributed by atoms with Gasteiger partial charge in [0, 0.05) is 19.0 Å². The Morgan fingerprint density at radius 1 is 1.33 bits per heavy atom. The molecule has 1 N–H and O–H groups in total. The quantitative estimate of drug-likeness (QED) is 0.490. The van der Waals surface area contributed by atoms with E-state index in [4.69, 9.17) is 0 Å². The number of nitrogens with one attached hydrogen (secondary N) is 1. The highest BCUT2D eigenvalue weighted by Crippen LogP contribution is 2.05. The van der Waals surface area contributed by atoms with Gasteiger partial charge in [0.05, 0.1) is 0 Å². The summed E-state index contributed by atoms with van der Waals surface area (Å²) in [4.78, 5) is 0. The molecule has 0 spiro atoms. The Bertz CT molecular complexity index is 152. The molecule has 12 heavy (non-hydrogen) atoms.